The Bertz CT molecular complexity index is 1100. The van der Waals surface area contributed by atoms with Gasteiger partial charge in [0, 0.05) is 0 Å². The lowest BCUT2D eigenvalue weighted by atomic mass is 9.88. The minimum atomic E-state index is -3.76. The first-order chi connectivity index (χ1) is 15.7. The average Bonchev–Trinajstić information content (AvgIpc) is 2.79. The standard InChI is InChI=1S/C25H33ClN2O4S/c1-5-22(19-12-11-17-9-7-8-10-18(17)15-19)27-25(29)23(6-2)28(33(4,30)31)20-13-14-24(32-3)21(26)16-20/h11-16,22-23H,5-10H2,1-4H3,(H,27,29)/t22-,23-/m1/s1. The topological polar surface area (TPSA) is 75.7 Å². The van der Waals surface area contributed by atoms with E-state index in [1.807, 2.05) is 6.92 Å². The number of anilines is 1. The maximum Gasteiger partial charge on any atom is 0.244 e. The van der Waals surface area contributed by atoms with Crippen LogP contribution in [0.2, 0.25) is 5.02 Å². The highest BCUT2D eigenvalue weighted by atomic mass is 35.5. The first-order valence-corrected chi connectivity index (χ1v) is 13.7. The lowest BCUT2D eigenvalue weighted by Gasteiger charge is -2.32. The number of aryl methyl sites for hydroxylation is 2. The molecule has 2 aromatic rings. The molecule has 180 valence electrons. The molecule has 0 fully saturated rings. The maximum atomic E-state index is 13.4. The van der Waals surface area contributed by atoms with Crippen molar-refractivity contribution in [3.63, 3.8) is 0 Å². The summed E-state index contributed by atoms with van der Waals surface area (Å²) in [7, 11) is -2.27. The van der Waals surface area contributed by atoms with Crippen molar-refractivity contribution in [2.45, 2.75) is 64.5 Å². The van der Waals surface area contributed by atoms with E-state index in [1.165, 1.54) is 37.1 Å². The molecule has 1 N–H and O–H groups in total. The van der Waals surface area contributed by atoms with Gasteiger partial charge in [0.2, 0.25) is 15.9 Å². The van der Waals surface area contributed by atoms with Gasteiger partial charge in [0.1, 0.15) is 11.8 Å². The van der Waals surface area contributed by atoms with Crippen LogP contribution < -0.4 is 14.4 Å². The van der Waals surface area contributed by atoms with Gasteiger partial charge >= 0.3 is 0 Å². The summed E-state index contributed by atoms with van der Waals surface area (Å²) in [5.74, 6) is 0.101. The van der Waals surface area contributed by atoms with Crippen LogP contribution in [0.4, 0.5) is 5.69 Å². The molecular formula is C25H33ClN2O4S. The fourth-order valence-electron chi connectivity index (χ4n) is 4.51. The number of hydrogen-bond donors (Lipinski definition) is 1. The number of amides is 1. The quantitative estimate of drug-likeness (QED) is 0.532. The van der Waals surface area contributed by atoms with Gasteiger partial charge in [-0.15, -0.1) is 0 Å². The number of nitrogens with one attached hydrogen (secondary N) is 1. The fraction of sp³-hybridized carbons (Fsp3) is 0.480. The van der Waals surface area contributed by atoms with Gasteiger partial charge in [-0.25, -0.2) is 8.42 Å². The van der Waals surface area contributed by atoms with Crippen molar-refractivity contribution in [1.82, 2.24) is 5.32 Å². The van der Waals surface area contributed by atoms with Crippen molar-refractivity contribution in [2.24, 2.45) is 0 Å². The van der Waals surface area contributed by atoms with Crippen molar-refractivity contribution >= 4 is 33.2 Å². The summed E-state index contributed by atoms with van der Waals surface area (Å²) in [6.45, 7) is 3.82. The van der Waals surface area contributed by atoms with E-state index in [0.29, 0.717) is 24.3 Å². The third-order valence-electron chi connectivity index (χ3n) is 6.22. The molecule has 1 amide bonds. The summed E-state index contributed by atoms with van der Waals surface area (Å²) < 4.78 is 31.8. The van der Waals surface area contributed by atoms with Gasteiger partial charge in [0.05, 0.1) is 30.1 Å². The van der Waals surface area contributed by atoms with Gasteiger partial charge in [-0.1, -0.05) is 43.6 Å². The average molecular weight is 493 g/mol. The molecule has 0 spiro atoms. The first kappa shape index (κ1) is 25.4. The van der Waals surface area contributed by atoms with E-state index in [9.17, 15) is 13.2 Å². The summed E-state index contributed by atoms with van der Waals surface area (Å²) in [5.41, 5.74) is 4.12. The number of hydrogen-bond acceptors (Lipinski definition) is 4. The van der Waals surface area contributed by atoms with Gasteiger partial charge < -0.3 is 10.1 Å². The van der Waals surface area contributed by atoms with Gasteiger partial charge in [-0.05, 0) is 73.4 Å². The lowest BCUT2D eigenvalue weighted by Crippen LogP contribution is -2.50. The SMILES string of the molecule is CC[C@H](C(=O)N[C@H](CC)c1ccc2c(c1)CCCC2)N(c1ccc(OC)c(Cl)c1)S(C)(=O)=O. The van der Waals surface area contributed by atoms with Crippen LogP contribution in [-0.2, 0) is 27.7 Å². The van der Waals surface area contributed by atoms with Gasteiger partial charge in [-0.3, -0.25) is 9.10 Å². The van der Waals surface area contributed by atoms with Gasteiger partial charge in [0.15, 0.2) is 0 Å². The van der Waals surface area contributed by atoms with E-state index in [-0.39, 0.29) is 17.0 Å². The molecule has 0 saturated carbocycles. The van der Waals surface area contributed by atoms with Crippen molar-refractivity contribution in [1.29, 1.82) is 0 Å². The number of nitrogens with zero attached hydrogens (tertiary/aromatic N) is 1. The second-order valence-corrected chi connectivity index (χ2v) is 10.8. The number of benzene rings is 2. The molecule has 0 aromatic heterocycles. The molecule has 8 heteroatoms. The molecular weight excluding hydrogens is 460 g/mol. The Morgan fingerprint density at radius 2 is 1.79 bits per heavy atom. The first-order valence-electron chi connectivity index (χ1n) is 11.4. The third-order valence-corrected chi connectivity index (χ3v) is 7.69. The molecule has 0 unspecified atom stereocenters. The minimum Gasteiger partial charge on any atom is -0.495 e. The van der Waals surface area contributed by atoms with Crippen LogP contribution in [0, 0.1) is 0 Å². The van der Waals surface area contributed by atoms with Crippen LogP contribution in [0.3, 0.4) is 0 Å². The van der Waals surface area contributed by atoms with E-state index in [0.717, 1.165) is 29.0 Å². The Balaban J connectivity index is 1.89. The zero-order valence-electron chi connectivity index (χ0n) is 19.7. The number of fused-ring (bicyclic) bond motifs is 1. The summed E-state index contributed by atoms with van der Waals surface area (Å²) in [4.78, 5) is 13.4. The molecule has 3 rings (SSSR count). The summed E-state index contributed by atoms with van der Waals surface area (Å²) in [6, 6.07) is 10.1. The number of methoxy groups -OCH3 is 1. The van der Waals surface area contributed by atoms with Crippen LogP contribution in [-0.4, -0.2) is 33.7 Å². The lowest BCUT2D eigenvalue weighted by molar-refractivity contribution is -0.123. The van der Waals surface area contributed by atoms with Gasteiger partial charge in [0.25, 0.3) is 0 Å². The molecule has 0 radical (unpaired) electrons. The summed E-state index contributed by atoms with van der Waals surface area (Å²) in [6.07, 6.45) is 6.68. The molecule has 33 heavy (non-hydrogen) atoms. The number of sulfonamides is 1. The smallest absolute Gasteiger partial charge is 0.244 e. The van der Waals surface area contributed by atoms with E-state index in [4.69, 9.17) is 16.3 Å². The molecule has 0 heterocycles. The van der Waals surface area contributed by atoms with Crippen LogP contribution in [0.5, 0.6) is 5.75 Å². The second kappa shape index (κ2) is 10.8. The van der Waals surface area contributed by atoms with Gasteiger partial charge in [-0.2, -0.15) is 0 Å². The Morgan fingerprint density at radius 1 is 1.09 bits per heavy atom. The fourth-order valence-corrected chi connectivity index (χ4v) is 5.97. The molecule has 2 aromatic carbocycles. The van der Waals surface area contributed by atoms with E-state index < -0.39 is 16.1 Å². The highest BCUT2D eigenvalue weighted by Gasteiger charge is 2.33. The highest BCUT2D eigenvalue weighted by Crippen LogP contribution is 2.32. The monoisotopic (exact) mass is 492 g/mol. The zero-order chi connectivity index (χ0) is 24.2. The van der Waals surface area contributed by atoms with E-state index in [2.05, 4.69) is 23.5 Å². The zero-order valence-corrected chi connectivity index (χ0v) is 21.3. The third kappa shape index (κ3) is 5.82. The van der Waals surface area contributed by atoms with E-state index >= 15 is 0 Å². The number of carbonyl (C=O) groups is 1. The molecule has 0 aliphatic heterocycles. The largest absolute Gasteiger partial charge is 0.495 e. The molecule has 6 nitrogen and oxygen atoms in total. The normalized spacial score (nSPS) is 15.3. The molecule has 1 aliphatic rings. The highest BCUT2D eigenvalue weighted by molar-refractivity contribution is 7.92. The molecule has 0 saturated heterocycles. The number of ether oxygens (including phenoxy) is 1. The second-order valence-electron chi connectivity index (χ2n) is 8.51. The number of halogens is 1. The van der Waals surface area contributed by atoms with Crippen LogP contribution in [0.15, 0.2) is 36.4 Å². The van der Waals surface area contributed by atoms with Crippen molar-refractivity contribution in [3.05, 3.63) is 58.1 Å². The van der Waals surface area contributed by atoms with Crippen LogP contribution in [0.1, 0.15) is 62.3 Å². The summed E-state index contributed by atoms with van der Waals surface area (Å²) >= 11 is 6.25. The van der Waals surface area contributed by atoms with Crippen molar-refractivity contribution in [3.8, 4) is 5.75 Å². The Morgan fingerprint density at radius 3 is 2.36 bits per heavy atom. The number of rotatable bonds is 9. The van der Waals surface area contributed by atoms with Crippen LogP contribution in [0.25, 0.3) is 0 Å². The maximum absolute atomic E-state index is 13.4. The Labute approximate surface area is 202 Å². The molecule has 0 bridgehead atoms. The molecule has 1 aliphatic carbocycles. The number of carbonyl (C=O) groups excluding carboxylic acids is 1. The molecule has 2 atom stereocenters. The predicted molar refractivity (Wildman–Crippen MR) is 134 cm³/mol. The van der Waals surface area contributed by atoms with E-state index in [1.54, 1.807) is 19.1 Å². The summed E-state index contributed by atoms with van der Waals surface area (Å²) in [5, 5.41) is 3.37. The van der Waals surface area contributed by atoms with Crippen molar-refractivity contribution < 1.29 is 17.9 Å². The van der Waals surface area contributed by atoms with Crippen LogP contribution >= 0.6 is 11.6 Å². The minimum absolute atomic E-state index is 0.195. The predicted octanol–water partition coefficient (Wildman–Crippen LogP) is 5.04. The Kier molecular flexibility index (Phi) is 8.29. The van der Waals surface area contributed by atoms with Crippen molar-refractivity contribution in [2.75, 3.05) is 17.7 Å². The Hall–Kier alpha value is -2.25.